The Morgan fingerprint density at radius 3 is 2.03 bits per heavy atom. The normalized spacial score (nSPS) is 17.3. The van der Waals surface area contributed by atoms with Crippen molar-refractivity contribution in [1.29, 1.82) is 0 Å². The molecule has 4 rings (SSSR count). The van der Waals surface area contributed by atoms with Crippen molar-refractivity contribution in [1.82, 2.24) is 5.32 Å². The van der Waals surface area contributed by atoms with Crippen LogP contribution in [0, 0.1) is 0 Å². The Labute approximate surface area is 214 Å². The van der Waals surface area contributed by atoms with Crippen LogP contribution in [0.15, 0.2) is 42.5 Å². The number of fused-ring (bicyclic) bond motifs is 2. The highest BCUT2D eigenvalue weighted by atomic mass is 35.5. The third kappa shape index (κ3) is 5.29. The largest absolute Gasteiger partial charge is 0.483 e. The van der Waals surface area contributed by atoms with Gasteiger partial charge in [0.15, 0.2) is 18.9 Å². The van der Waals surface area contributed by atoms with Crippen LogP contribution in [0.5, 0.6) is 11.5 Å². The van der Waals surface area contributed by atoms with Crippen molar-refractivity contribution in [3.05, 3.63) is 69.7 Å². The Hall–Kier alpha value is -3.71. The van der Waals surface area contributed by atoms with Gasteiger partial charge in [-0.3, -0.25) is 9.59 Å². The van der Waals surface area contributed by atoms with E-state index in [0.29, 0.717) is 0 Å². The second-order valence-corrected chi connectivity index (χ2v) is 8.72. The molecule has 0 spiro atoms. The number of alkyl halides is 6. The number of carbonyl (C=O) groups excluding carboxylic acids is 1. The number of rotatable bonds is 7. The van der Waals surface area contributed by atoms with Crippen molar-refractivity contribution in [2.45, 2.75) is 24.5 Å². The fourth-order valence-corrected chi connectivity index (χ4v) is 4.51. The number of nitrogens with one attached hydrogen (secondary N) is 1. The molecule has 0 bridgehead atoms. The average molecular weight is 564 g/mol. The van der Waals surface area contributed by atoms with E-state index in [9.17, 15) is 41.0 Å². The molecule has 0 radical (unpaired) electrons. The molecule has 38 heavy (non-hydrogen) atoms. The van der Waals surface area contributed by atoms with Gasteiger partial charge < -0.3 is 25.0 Å². The fraction of sp³-hybridized carbons (Fsp3) is 0.250. The minimum absolute atomic E-state index is 0.171. The van der Waals surface area contributed by atoms with Gasteiger partial charge in [-0.05, 0) is 11.6 Å². The van der Waals surface area contributed by atoms with Crippen LogP contribution >= 0.6 is 11.6 Å². The predicted octanol–water partition coefficient (Wildman–Crippen LogP) is 4.94. The van der Waals surface area contributed by atoms with Gasteiger partial charge in [-0.15, -0.1) is 0 Å². The second kappa shape index (κ2) is 9.55. The van der Waals surface area contributed by atoms with Crippen LogP contribution in [0.25, 0.3) is 10.8 Å². The summed E-state index contributed by atoms with van der Waals surface area (Å²) < 4.78 is 88.5. The van der Waals surface area contributed by atoms with Crippen LogP contribution < -0.4 is 14.8 Å². The van der Waals surface area contributed by atoms with Crippen LogP contribution in [-0.2, 0) is 16.9 Å². The summed E-state index contributed by atoms with van der Waals surface area (Å²) in [5, 5.41) is 22.2. The highest BCUT2D eigenvalue weighted by Crippen LogP contribution is 2.51. The molecular weight excluding hydrogens is 548 g/mol. The Morgan fingerprint density at radius 1 is 0.947 bits per heavy atom. The summed E-state index contributed by atoms with van der Waals surface area (Å²) in [5.41, 5.74) is -4.11. The number of hydrogen-bond donors (Lipinski definition) is 3. The van der Waals surface area contributed by atoms with E-state index in [1.54, 1.807) is 0 Å². The number of carbonyl (C=O) groups is 2. The molecule has 0 aliphatic carbocycles. The number of aliphatic carboxylic acids is 1. The molecule has 1 amide bonds. The van der Waals surface area contributed by atoms with Crippen molar-refractivity contribution in [2.75, 3.05) is 13.2 Å². The lowest BCUT2D eigenvalue weighted by molar-refractivity contribution is -0.154. The number of halogens is 7. The zero-order valence-electron chi connectivity index (χ0n) is 18.8. The molecule has 1 heterocycles. The van der Waals surface area contributed by atoms with E-state index >= 15 is 0 Å². The second-order valence-electron chi connectivity index (χ2n) is 8.31. The summed E-state index contributed by atoms with van der Waals surface area (Å²) in [7, 11) is 0. The van der Waals surface area contributed by atoms with Crippen LogP contribution in [0.3, 0.4) is 0 Å². The van der Waals surface area contributed by atoms with E-state index in [-0.39, 0.29) is 26.9 Å². The number of hydrogen-bond acceptors (Lipinski definition) is 5. The minimum Gasteiger partial charge on any atom is -0.483 e. The smallest absolute Gasteiger partial charge is 0.422 e. The Balaban J connectivity index is 2.01. The number of amides is 1. The van der Waals surface area contributed by atoms with Crippen LogP contribution in [0.1, 0.15) is 27.0 Å². The maximum absolute atomic E-state index is 13.1. The van der Waals surface area contributed by atoms with E-state index < -0.39 is 72.2 Å². The van der Waals surface area contributed by atoms with Crippen molar-refractivity contribution in [3.8, 4) is 11.5 Å². The molecule has 0 aromatic heterocycles. The van der Waals surface area contributed by atoms with E-state index in [1.807, 2.05) is 0 Å². The molecule has 1 unspecified atom stereocenters. The third-order valence-corrected chi connectivity index (χ3v) is 5.86. The molecular formula is C24H16ClF6NO6. The molecule has 14 heteroatoms. The molecule has 3 N–H and O–H groups in total. The van der Waals surface area contributed by atoms with Crippen molar-refractivity contribution in [2.24, 2.45) is 0 Å². The molecule has 0 saturated heterocycles. The maximum atomic E-state index is 13.1. The van der Waals surface area contributed by atoms with Crippen LogP contribution in [-0.4, -0.2) is 47.7 Å². The Bertz CT molecular complexity index is 1440. The quantitative estimate of drug-likeness (QED) is 0.352. The van der Waals surface area contributed by atoms with Gasteiger partial charge in [0.2, 0.25) is 0 Å². The molecule has 3 aromatic rings. The molecule has 3 aromatic carbocycles. The number of carboxylic acid groups (broad SMARTS) is 1. The van der Waals surface area contributed by atoms with Gasteiger partial charge in [0.25, 0.3) is 5.91 Å². The highest BCUT2D eigenvalue weighted by molar-refractivity contribution is 6.31. The van der Waals surface area contributed by atoms with E-state index in [1.165, 1.54) is 30.3 Å². The standard InChI is InChI=1S/C24H16ClF6NO6/c25-15-7-11(8-16(33)34)5-6-14(15)24(36)18-17(21(35)32-24)19(37-9-22(26,27)28)12-3-1-2-4-13(12)20(18)38-10-23(29,30)31/h1-7,36H,8-10H2,(H,32,35)(H,33,34). The SMILES string of the molecule is O=C(O)Cc1ccc(C2(O)NC(=O)c3c2c(OCC(F)(F)F)c2ccccc2c3OCC(F)(F)F)c(Cl)c1. The lowest BCUT2D eigenvalue weighted by Gasteiger charge is -2.28. The number of ether oxygens (including phenoxy) is 2. The summed E-state index contributed by atoms with van der Waals surface area (Å²) in [4.78, 5) is 24.1. The first kappa shape index (κ1) is 27.3. The van der Waals surface area contributed by atoms with Gasteiger partial charge in [0.05, 0.1) is 17.5 Å². The first-order chi connectivity index (χ1) is 17.6. The van der Waals surface area contributed by atoms with Crippen molar-refractivity contribution < 1.29 is 55.6 Å². The monoisotopic (exact) mass is 563 g/mol. The number of carboxylic acids is 1. The van der Waals surface area contributed by atoms with Gasteiger partial charge in [0.1, 0.15) is 11.5 Å². The Kier molecular flexibility index (Phi) is 6.87. The molecule has 1 aliphatic rings. The summed E-state index contributed by atoms with van der Waals surface area (Å²) in [6.45, 7) is -3.70. The van der Waals surface area contributed by atoms with Crippen LogP contribution in [0.2, 0.25) is 5.02 Å². The summed E-state index contributed by atoms with van der Waals surface area (Å²) in [5.74, 6) is -3.65. The highest BCUT2D eigenvalue weighted by Gasteiger charge is 2.50. The van der Waals surface area contributed by atoms with Crippen LogP contribution in [0.4, 0.5) is 26.3 Å². The predicted molar refractivity (Wildman–Crippen MR) is 120 cm³/mol. The summed E-state index contributed by atoms with van der Waals surface area (Å²) in [6.07, 6.45) is -10.2. The van der Waals surface area contributed by atoms with E-state index in [4.69, 9.17) is 26.2 Å². The zero-order valence-corrected chi connectivity index (χ0v) is 19.6. The van der Waals surface area contributed by atoms with Gasteiger partial charge in [-0.25, -0.2) is 0 Å². The number of benzene rings is 3. The van der Waals surface area contributed by atoms with Gasteiger partial charge in [0, 0.05) is 21.4 Å². The number of aliphatic hydroxyl groups is 1. The first-order valence-electron chi connectivity index (χ1n) is 10.6. The van der Waals surface area contributed by atoms with Crippen molar-refractivity contribution in [3.63, 3.8) is 0 Å². The first-order valence-corrected chi connectivity index (χ1v) is 11.0. The molecule has 0 fully saturated rings. The summed E-state index contributed by atoms with van der Waals surface area (Å²) in [6, 6.07) is 8.71. The average Bonchev–Trinajstić information content (AvgIpc) is 3.05. The molecule has 7 nitrogen and oxygen atoms in total. The molecule has 1 atom stereocenters. The van der Waals surface area contributed by atoms with Gasteiger partial charge in [-0.2, -0.15) is 26.3 Å². The lowest BCUT2D eigenvalue weighted by atomic mass is 9.89. The van der Waals surface area contributed by atoms with Crippen molar-refractivity contribution >= 4 is 34.2 Å². The van der Waals surface area contributed by atoms with Gasteiger partial charge in [-0.1, -0.05) is 48.0 Å². The molecule has 1 aliphatic heterocycles. The van der Waals surface area contributed by atoms with Gasteiger partial charge >= 0.3 is 18.3 Å². The van der Waals surface area contributed by atoms with E-state index in [2.05, 4.69) is 5.32 Å². The summed E-state index contributed by atoms with van der Waals surface area (Å²) >= 11 is 6.27. The maximum Gasteiger partial charge on any atom is 0.422 e. The third-order valence-electron chi connectivity index (χ3n) is 5.54. The van der Waals surface area contributed by atoms with E-state index in [0.717, 1.165) is 12.1 Å². The molecule has 0 saturated carbocycles. The fourth-order valence-electron chi connectivity index (χ4n) is 4.17. The topological polar surface area (TPSA) is 105 Å². The Morgan fingerprint density at radius 2 is 1.50 bits per heavy atom. The zero-order chi connectivity index (χ0) is 28.0. The minimum atomic E-state index is -4.86. The lowest BCUT2D eigenvalue weighted by Crippen LogP contribution is -2.40. The molecule has 202 valence electrons.